The molecule has 2 N–H and O–H groups in total. The molecular formula is C18H17N5O2S. The van der Waals surface area contributed by atoms with Crippen molar-refractivity contribution < 1.29 is 9.47 Å². The summed E-state index contributed by atoms with van der Waals surface area (Å²) in [5.74, 6) is 1.42. The van der Waals surface area contributed by atoms with Gasteiger partial charge in [0, 0.05) is 10.9 Å². The molecule has 0 spiro atoms. The number of nitrogens with two attached hydrogens (primary N) is 1. The molecule has 2 heterocycles. The number of ether oxygens (including phenoxy) is 2. The number of aromatic nitrogens is 4. The van der Waals surface area contributed by atoms with Crippen LogP contribution in [0.15, 0.2) is 42.6 Å². The van der Waals surface area contributed by atoms with Crippen LogP contribution in [-0.4, -0.2) is 34.2 Å². The first-order valence-corrected chi connectivity index (χ1v) is 8.75. The highest BCUT2D eigenvalue weighted by molar-refractivity contribution is 7.18. The zero-order valence-corrected chi connectivity index (χ0v) is 15.2. The van der Waals surface area contributed by atoms with Crippen LogP contribution in [0.2, 0.25) is 0 Å². The third kappa shape index (κ3) is 2.95. The second-order valence-corrected chi connectivity index (χ2v) is 6.72. The van der Waals surface area contributed by atoms with E-state index in [0.29, 0.717) is 23.2 Å². The van der Waals surface area contributed by atoms with Gasteiger partial charge in [-0.05, 0) is 35.9 Å². The first-order chi connectivity index (χ1) is 12.7. The standard InChI is InChI=1S/C18H17N5O2S/c1-24-15-6-3-11(7-16(15)25-2)10-23-14-5-4-12(8-13(14)9-20-23)17-21-22-18(19)26-17/h3-9H,10H2,1-2H3,(H2,19,22). The van der Waals surface area contributed by atoms with Gasteiger partial charge < -0.3 is 15.2 Å². The molecular weight excluding hydrogens is 350 g/mol. The van der Waals surface area contributed by atoms with E-state index in [-0.39, 0.29) is 0 Å². The van der Waals surface area contributed by atoms with Gasteiger partial charge in [-0.1, -0.05) is 17.4 Å². The van der Waals surface area contributed by atoms with Crippen LogP contribution in [-0.2, 0) is 6.54 Å². The Bertz CT molecular complexity index is 1070. The van der Waals surface area contributed by atoms with Gasteiger partial charge in [0.15, 0.2) is 11.5 Å². The minimum atomic E-state index is 0.462. The number of rotatable bonds is 5. The zero-order valence-electron chi connectivity index (χ0n) is 14.3. The van der Waals surface area contributed by atoms with E-state index in [1.165, 1.54) is 11.3 Å². The predicted octanol–water partition coefficient (Wildman–Crippen LogP) is 3.20. The maximum absolute atomic E-state index is 5.67. The number of anilines is 1. The monoisotopic (exact) mass is 367 g/mol. The van der Waals surface area contributed by atoms with Crippen LogP contribution in [0, 0.1) is 0 Å². The van der Waals surface area contributed by atoms with Gasteiger partial charge in [-0.2, -0.15) is 5.10 Å². The molecule has 4 aromatic rings. The van der Waals surface area contributed by atoms with Gasteiger partial charge in [0.2, 0.25) is 5.13 Å². The van der Waals surface area contributed by atoms with Crippen molar-refractivity contribution in [2.75, 3.05) is 20.0 Å². The maximum atomic E-state index is 5.67. The molecule has 4 rings (SSSR count). The molecule has 0 saturated carbocycles. The largest absolute Gasteiger partial charge is 0.493 e. The van der Waals surface area contributed by atoms with Crippen LogP contribution < -0.4 is 15.2 Å². The van der Waals surface area contributed by atoms with Gasteiger partial charge in [0.25, 0.3) is 0 Å². The highest BCUT2D eigenvalue weighted by Crippen LogP contribution is 2.30. The minimum absolute atomic E-state index is 0.462. The lowest BCUT2D eigenvalue weighted by Crippen LogP contribution is -2.02. The fourth-order valence-corrected chi connectivity index (χ4v) is 3.46. The van der Waals surface area contributed by atoms with Gasteiger partial charge in [0.05, 0.1) is 32.5 Å². The van der Waals surface area contributed by atoms with Crippen molar-refractivity contribution in [2.24, 2.45) is 0 Å². The Morgan fingerprint density at radius 3 is 2.62 bits per heavy atom. The molecule has 8 heteroatoms. The topological polar surface area (TPSA) is 88.1 Å². The second kappa shape index (κ2) is 6.64. The fourth-order valence-electron chi connectivity index (χ4n) is 2.85. The van der Waals surface area contributed by atoms with E-state index in [9.17, 15) is 0 Å². The average molecular weight is 367 g/mol. The van der Waals surface area contributed by atoms with E-state index in [1.807, 2.05) is 47.3 Å². The summed E-state index contributed by atoms with van der Waals surface area (Å²) in [4.78, 5) is 0. The summed E-state index contributed by atoms with van der Waals surface area (Å²) in [5.41, 5.74) is 8.78. The maximum Gasteiger partial charge on any atom is 0.203 e. The summed E-state index contributed by atoms with van der Waals surface area (Å²) in [7, 11) is 3.26. The molecule has 0 bridgehead atoms. The summed E-state index contributed by atoms with van der Waals surface area (Å²) in [6.07, 6.45) is 1.85. The Kier molecular flexibility index (Phi) is 4.18. The molecule has 2 aromatic heterocycles. The van der Waals surface area contributed by atoms with E-state index < -0.39 is 0 Å². The lowest BCUT2D eigenvalue weighted by Gasteiger charge is -2.10. The van der Waals surface area contributed by atoms with Crippen molar-refractivity contribution in [3.05, 3.63) is 48.2 Å². The number of nitrogens with zero attached hydrogens (tertiary/aromatic N) is 4. The first kappa shape index (κ1) is 16.3. The molecule has 0 saturated heterocycles. The molecule has 132 valence electrons. The number of hydrogen-bond donors (Lipinski definition) is 1. The molecule has 2 aromatic carbocycles. The van der Waals surface area contributed by atoms with Crippen molar-refractivity contribution in [3.63, 3.8) is 0 Å². The summed E-state index contributed by atoms with van der Waals surface area (Å²) < 4.78 is 12.6. The van der Waals surface area contributed by atoms with E-state index in [0.717, 1.165) is 27.0 Å². The van der Waals surface area contributed by atoms with Crippen molar-refractivity contribution in [1.29, 1.82) is 0 Å². The molecule has 0 aliphatic heterocycles. The first-order valence-electron chi connectivity index (χ1n) is 7.94. The predicted molar refractivity (Wildman–Crippen MR) is 102 cm³/mol. The second-order valence-electron chi connectivity index (χ2n) is 5.71. The number of nitrogen functional groups attached to an aromatic ring is 1. The van der Waals surface area contributed by atoms with Crippen molar-refractivity contribution >= 4 is 27.4 Å². The molecule has 0 aliphatic rings. The van der Waals surface area contributed by atoms with E-state index in [4.69, 9.17) is 15.2 Å². The fraction of sp³-hybridized carbons (Fsp3) is 0.167. The third-order valence-corrected chi connectivity index (χ3v) is 4.91. The SMILES string of the molecule is COc1ccc(Cn2ncc3cc(-c4nnc(N)s4)ccc32)cc1OC. The van der Waals surface area contributed by atoms with Crippen LogP contribution in [0.1, 0.15) is 5.56 Å². The third-order valence-electron chi connectivity index (χ3n) is 4.11. The van der Waals surface area contributed by atoms with E-state index in [1.54, 1.807) is 14.2 Å². The summed E-state index contributed by atoms with van der Waals surface area (Å²) >= 11 is 1.37. The Morgan fingerprint density at radius 1 is 1.04 bits per heavy atom. The van der Waals surface area contributed by atoms with Gasteiger partial charge in [-0.25, -0.2) is 0 Å². The van der Waals surface area contributed by atoms with Crippen LogP contribution in [0.25, 0.3) is 21.5 Å². The van der Waals surface area contributed by atoms with Crippen LogP contribution in [0.5, 0.6) is 11.5 Å². The normalized spacial score (nSPS) is 11.0. The molecule has 7 nitrogen and oxygen atoms in total. The highest BCUT2D eigenvalue weighted by atomic mass is 32.1. The minimum Gasteiger partial charge on any atom is -0.493 e. The van der Waals surface area contributed by atoms with Crippen LogP contribution in [0.3, 0.4) is 0 Å². The molecule has 0 unspecified atom stereocenters. The summed E-state index contributed by atoms with van der Waals surface area (Å²) in [6, 6.07) is 12.0. The molecule has 0 aliphatic carbocycles. The smallest absolute Gasteiger partial charge is 0.203 e. The number of hydrogen-bond acceptors (Lipinski definition) is 7. The lowest BCUT2D eigenvalue weighted by molar-refractivity contribution is 0.354. The Morgan fingerprint density at radius 2 is 1.88 bits per heavy atom. The van der Waals surface area contributed by atoms with Crippen molar-refractivity contribution in [1.82, 2.24) is 20.0 Å². The Balaban J connectivity index is 1.65. The quantitative estimate of drug-likeness (QED) is 0.583. The Hall–Kier alpha value is -3.13. The van der Waals surface area contributed by atoms with E-state index in [2.05, 4.69) is 15.3 Å². The van der Waals surface area contributed by atoms with E-state index >= 15 is 0 Å². The van der Waals surface area contributed by atoms with Gasteiger partial charge >= 0.3 is 0 Å². The Labute approximate surface area is 154 Å². The molecule has 0 amide bonds. The van der Waals surface area contributed by atoms with Crippen LogP contribution in [0.4, 0.5) is 5.13 Å². The van der Waals surface area contributed by atoms with Crippen molar-refractivity contribution in [3.8, 4) is 22.1 Å². The molecule has 26 heavy (non-hydrogen) atoms. The van der Waals surface area contributed by atoms with Gasteiger partial charge in [0.1, 0.15) is 5.01 Å². The summed E-state index contributed by atoms with van der Waals surface area (Å²) in [5, 5.41) is 14.8. The lowest BCUT2D eigenvalue weighted by atomic mass is 10.1. The molecule has 0 atom stereocenters. The van der Waals surface area contributed by atoms with Crippen molar-refractivity contribution in [2.45, 2.75) is 6.54 Å². The number of methoxy groups -OCH3 is 2. The summed E-state index contributed by atoms with van der Waals surface area (Å²) in [6.45, 7) is 0.634. The van der Waals surface area contributed by atoms with Gasteiger partial charge in [-0.15, -0.1) is 10.2 Å². The number of benzene rings is 2. The highest BCUT2D eigenvalue weighted by Gasteiger charge is 2.10. The number of fused-ring (bicyclic) bond motifs is 1. The van der Waals surface area contributed by atoms with Crippen LogP contribution >= 0.6 is 11.3 Å². The zero-order chi connectivity index (χ0) is 18.1. The van der Waals surface area contributed by atoms with Gasteiger partial charge in [-0.3, -0.25) is 4.68 Å². The molecule has 0 fully saturated rings. The molecule has 0 radical (unpaired) electrons. The average Bonchev–Trinajstić information content (AvgIpc) is 3.27.